The van der Waals surface area contributed by atoms with E-state index >= 15 is 0 Å². The summed E-state index contributed by atoms with van der Waals surface area (Å²) >= 11 is 12.2. The molecule has 1 fully saturated rings. The Morgan fingerprint density at radius 2 is 1.84 bits per heavy atom. The highest BCUT2D eigenvalue weighted by Crippen LogP contribution is 2.46. The molecule has 1 unspecified atom stereocenters. The molecular weight excluding hydrogens is 527 g/mol. The lowest BCUT2D eigenvalue weighted by Crippen LogP contribution is -2.51. The molecule has 38 heavy (non-hydrogen) atoms. The van der Waals surface area contributed by atoms with Gasteiger partial charge in [-0.2, -0.15) is 0 Å². The van der Waals surface area contributed by atoms with Crippen LogP contribution in [0.25, 0.3) is 0 Å². The summed E-state index contributed by atoms with van der Waals surface area (Å²) in [6.45, 7) is 3.48. The fourth-order valence-electron chi connectivity index (χ4n) is 5.31. The Bertz CT molecular complexity index is 1360. The number of piperazine rings is 1. The Hall–Kier alpha value is -3.01. The first kappa shape index (κ1) is 26.6. The molecule has 3 heterocycles. The van der Waals surface area contributed by atoms with Crippen LogP contribution in [-0.4, -0.2) is 65.0 Å². The highest BCUT2D eigenvalue weighted by molar-refractivity contribution is 6.30. The summed E-state index contributed by atoms with van der Waals surface area (Å²) in [7, 11) is 1.56. The number of aliphatic hydroxyl groups is 1. The van der Waals surface area contributed by atoms with Gasteiger partial charge in [0.05, 0.1) is 29.4 Å². The highest BCUT2D eigenvalue weighted by Gasteiger charge is 2.52. The number of fused-ring (bicyclic) bond motifs is 1. The number of pyridine rings is 1. The second-order valence-corrected chi connectivity index (χ2v) is 10.7. The molecule has 0 aliphatic carbocycles. The van der Waals surface area contributed by atoms with E-state index in [1.807, 2.05) is 29.2 Å². The SMILES string of the molecule is CO[C@]1(c2ccc(Cl)cc2)c2ccc(C(C)(O)CN3CCNC(=O)C3)cc2C(=O)N1Cc1ccc(Cl)cn1. The summed E-state index contributed by atoms with van der Waals surface area (Å²) in [5.74, 6) is -0.334. The van der Waals surface area contributed by atoms with Crippen molar-refractivity contribution in [2.45, 2.75) is 24.8 Å². The van der Waals surface area contributed by atoms with Crippen molar-refractivity contribution >= 4 is 35.0 Å². The van der Waals surface area contributed by atoms with Gasteiger partial charge in [-0.3, -0.25) is 24.4 Å². The van der Waals surface area contributed by atoms with Gasteiger partial charge in [0, 0.05) is 54.7 Å². The zero-order valence-electron chi connectivity index (χ0n) is 21.1. The predicted octanol–water partition coefficient (Wildman–Crippen LogP) is 3.53. The lowest BCUT2D eigenvalue weighted by atomic mass is 9.88. The number of methoxy groups -OCH3 is 1. The first-order valence-electron chi connectivity index (χ1n) is 12.2. The fraction of sp³-hybridized carbons (Fsp3) is 0.321. The number of rotatable bonds is 7. The first-order chi connectivity index (χ1) is 18.1. The van der Waals surface area contributed by atoms with Gasteiger partial charge in [-0.25, -0.2) is 0 Å². The Morgan fingerprint density at radius 1 is 1.11 bits per heavy atom. The molecule has 198 valence electrons. The highest BCUT2D eigenvalue weighted by atomic mass is 35.5. The van der Waals surface area contributed by atoms with Gasteiger partial charge in [0.15, 0.2) is 5.72 Å². The summed E-state index contributed by atoms with van der Waals surface area (Å²) in [6, 6.07) is 16.0. The minimum atomic E-state index is -1.30. The normalized spacial score (nSPS) is 21.2. The van der Waals surface area contributed by atoms with E-state index in [0.717, 1.165) is 5.56 Å². The topological polar surface area (TPSA) is 95.0 Å². The van der Waals surface area contributed by atoms with Crippen molar-refractivity contribution in [3.05, 3.63) is 98.8 Å². The van der Waals surface area contributed by atoms with Crippen LogP contribution in [-0.2, 0) is 27.4 Å². The van der Waals surface area contributed by atoms with Crippen molar-refractivity contribution in [3.63, 3.8) is 0 Å². The van der Waals surface area contributed by atoms with E-state index in [0.29, 0.717) is 45.5 Å². The van der Waals surface area contributed by atoms with E-state index in [1.165, 1.54) is 6.20 Å². The molecule has 2 aliphatic heterocycles. The number of nitrogens with zero attached hydrogens (tertiary/aromatic N) is 3. The molecule has 2 amide bonds. The van der Waals surface area contributed by atoms with Crippen molar-refractivity contribution in [2.75, 3.05) is 33.3 Å². The number of benzene rings is 2. The minimum absolute atomic E-state index is 0.0736. The molecule has 2 aliphatic rings. The molecule has 0 saturated carbocycles. The van der Waals surface area contributed by atoms with E-state index in [9.17, 15) is 14.7 Å². The number of amides is 2. The quantitative estimate of drug-likeness (QED) is 0.464. The number of hydrogen-bond acceptors (Lipinski definition) is 6. The molecule has 0 bridgehead atoms. The van der Waals surface area contributed by atoms with E-state index < -0.39 is 11.3 Å². The fourth-order valence-corrected chi connectivity index (χ4v) is 5.55. The van der Waals surface area contributed by atoms with Gasteiger partial charge in [0.25, 0.3) is 5.91 Å². The molecule has 0 spiro atoms. The van der Waals surface area contributed by atoms with Crippen LogP contribution in [0.15, 0.2) is 60.8 Å². The molecule has 1 saturated heterocycles. The standard InChI is InChI=1S/C28H28Cl2N4O4/c1-27(37,17-33-12-11-31-25(35)16-33)19-5-10-24-23(13-19)26(36)34(15-22-9-8-21(30)14-32-22)28(24,38-2)18-3-6-20(29)7-4-18/h3-10,13-14,37H,11-12,15-17H2,1-2H3,(H,31,35)/t27?,28-/m1/s1. The molecule has 0 radical (unpaired) electrons. The van der Waals surface area contributed by atoms with Gasteiger partial charge in [-0.15, -0.1) is 0 Å². The van der Waals surface area contributed by atoms with Crippen LogP contribution in [0.1, 0.15) is 39.7 Å². The van der Waals surface area contributed by atoms with Gasteiger partial charge in [0.1, 0.15) is 0 Å². The average Bonchev–Trinajstić information content (AvgIpc) is 3.13. The van der Waals surface area contributed by atoms with Crippen molar-refractivity contribution in [3.8, 4) is 0 Å². The Balaban J connectivity index is 1.57. The minimum Gasteiger partial charge on any atom is -0.384 e. The predicted molar refractivity (Wildman–Crippen MR) is 144 cm³/mol. The van der Waals surface area contributed by atoms with Gasteiger partial charge < -0.3 is 15.2 Å². The lowest BCUT2D eigenvalue weighted by molar-refractivity contribution is -0.125. The van der Waals surface area contributed by atoms with Crippen molar-refractivity contribution < 1.29 is 19.4 Å². The summed E-state index contributed by atoms with van der Waals surface area (Å²) in [4.78, 5) is 33.8. The van der Waals surface area contributed by atoms with Crippen LogP contribution in [0.2, 0.25) is 10.0 Å². The second kappa shape index (κ2) is 10.3. The molecule has 5 rings (SSSR count). The molecule has 1 aromatic heterocycles. The smallest absolute Gasteiger partial charge is 0.257 e. The number of aromatic nitrogens is 1. The third-order valence-corrected chi connectivity index (χ3v) is 7.63. The van der Waals surface area contributed by atoms with E-state index in [-0.39, 0.29) is 31.4 Å². The molecule has 3 aromatic rings. The zero-order valence-corrected chi connectivity index (χ0v) is 22.6. The Morgan fingerprint density at radius 3 is 2.50 bits per heavy atom. The number of nitrogens with one attached hydrogen (secondary N) is 1. The molecule has 10 heteroatoms. The summed E-state index contributed by atoms with van der Waals surface area (Å²) in [5, 5.41) is 15.3. The van der Waals surface area contributed by atoms with Gasteiger partial charge >= 0.3 is 0 Å². The zero-order chi connectivity index (χ0) is 27.1. The number of β-amino-alcohol motifs (C(OH)–C–C–N with tert-alkyl or cyclic N) is 1. The summed E-state index contributed by atoms with van der Waals surface area (Å²) in [6.07, 6.45) is 1.54. The number of hydrogen-bond donors (Lipinski definition) is 2. The van der Waals surface area contributed by atoms with Crippen molar-refractivity contribution in [1.29, 1.82) is 0 Å². The second-order valence-electron chi connectivity index (χ2n) is 9.81. The number of carbonyl (C=O) groups excluding carboxylic acids is 2. The largest absolute Gasteiger partial charge is 0.384 e. The third kappa shape index (κ3) is 4.79. The van der Waals surface area contributed by atoms with Gasteiger partial charge in [0.2, 0.25) is 5.91 Å². The van der Waals surface area contributed by atoms with E-state index in [2.05, 4.69) is 10.3 Å². The van der Waals surface area contributed by atoms with Gasteiger partial charge in [-0.05, 0) is 42.8 Å². The maximum absolute atomic E-state index is 14.0. The van der Waals surface area contributed by atoms with Gasteiger partial charge in [-0.1, -0.05) is 47.5 Å². The monoisotopic (exact) mass is 554 g/mol. The molecule has 2 N–H and O–H groups in total. The number of halogens is 2. The Labute approximate surface area is 231 Å². The lowest BCUT2D eigenvalue weighted by Gasteiger charge is -2.38. The molecular formula is C28H28Cl2N4O4. The molecule has 2 atom stereocenters. The van der Waals surface area contributed by atoms with Crippen LogP contribution in [0.3, 0.4) is 0 Å². The molecule has 8 nitrogen and oxygen atoms in total. The Kier molecular flexibility index (Phi) is 7.19. The summed E-state index contributed by atoms with van der Waals surface area (Å²) < 4.78 is 6.18. The number of ether oxygens (including phenoxy) is 1. The van der Waals surface area contributed by atoms with Crippen LogP contribution in [0.5, 0.6) is 0 Å². The van der Waals surface area contributed by atoms with Crippen LogP contribution in [0, 0.1) is 0 Å². The average molecular weight is 555 g/mol. The molecule has 2 aromatic carbocycles. The van der Waals surface area contributed by atoms with E-state index in [4.69, 9.17) is 27.9 Å². The van der Waals surface area contributed by atoms with Crippen molar-refractivity contribution in [1.82, 2.24) is 20.1 Å². The van der Waals surface area contributed by atoms with E-state index in [1.54, 1.807) is 49.3 Å². The van der Waals surface area contributed by atoms with Crippen LogP contribution >= 0.6 is 23.2 Å². The maximum atomic E-state index is 14.0. The maximum Gasteiger partial charge on any atom is 0.257 e. The summed E-state index contributed by atoms with van der Waals surface area (Å²) in [5.41, 5.74) is 0.471. The van der Waals surface area contributed by atoms with Crippen LogP contribution < -0.4 is 5.32 Å². The van der Waals surface area contributed by atoms with Crippen molar-refractivity contribution in [2.24, 2.45) is 0 Å². The first-order valence-corrected chi connectivity index (χ1v) is 13.0. The number of carbonyl (C=O) groups is 2. The van der Waals surface area contributed by atoms with Crippen LogP contribution in [0.4, 0.5) is 0 Å². The third-order valence-electron chi connectivity index (χ3n) is 7.15.